The van der Waals surface area contributed by atoms with Gasteiger partial charge in [0.25, 0.3) is 0 Å². The van der Waals surface area contributed by atoms with Crippen molar-refractivity contribution in [1.29, 1.82) is 0 Å². The first-order chi connectivity index (χ1) is 20.0. The SMILES string of the molecule is [B]c1cnn2c(NCc3cccc(NC(=O)Cc4ccc(-c5ccccc5)cc4)c3)cc(-c3ccccc3Cl)nc12. The van der Waals surface area contributed by atoms with Crippen LogP contribution in [0.1, 0.15) is 11.1 Å². The number of nitrogens with zero attached hydrogens (tertiary/aromatic N) is 3. The second-order valence-electron chi connectivity index (χ2n) is 9.68. The standard InChI is InChI=1S/C33H25BClN5O/c34-28-21-37-40-31(19-30(39-33(28)40)27-11-4-5-12-29(27)35)36-20-23-7-6-10-26(17-23)38-32(41)18-22-13-15-25(16-14-22)24-8-2-1-3-9-24/h1-17,19,21,36H,18,20H2,(H,38,41). The Bertz CT molecular complexity index is 1840. The van der Waals surface area contributed by atoms with Crippen LogP contribution < -0.4 is 16.1 Å². The van der Waals surface area contributed by atoms with Gasteiger partial charge in [-0.2, -0.15) is 9.61 Å². The van der Waals surface area contributed by atoms with Crippen molar-refractivity contribution in [3.8, 4) is 22.4 Å². The van der Waals surface area contributed by atoms with E-state index in [1.54, 1.807) is 10.7 Å². The summed E-state index contributed by atoms with van der Waals surface area (Å²) in [6, 6.07) is 35.5. The molecule has 0 aliphatic rings. The van der Waals surface area contributed by atoms with E-state index in [1.807, 2.05) is 97.1 Å². The van der Waals surface area contributed by atoms with Gasteiger partial charge in [0, 0.05) is 35.1 Å². The summed E-state index contributed by atoms with van der Waals surface area (Å²) in [6.45, 7) is 0.492. The molecule has 6 nitrogen and oxygen atoms in total. The molecule has 8 heteroatoms. The van der Waals surface area contributed by atoms with Gasteiger partial charge in [0.05, 0.1) is 12.1 Å². The van der Waals surface area contributed by atoms with Gasteiger partial charge < -0.3 is 10.6 Å². The topological polar surface area (TPSA) is 71.3 Å². The Balaban J connectivity index is 1.14. The molecule has 2 heterocycles. The van der Waals surface area contributed by atoms with Crippen LogP contribution in [0, 0.1) is 0 Å². The molecular weight excluding hydrogens is 529 g/mol. The van der Waals surface area contributed by atoms with Crippen LogP contribution in [0.15, 0.2) is 115 Å². The lowest BCUT2D eigenvalue weighted by Gasteiger charge is -2.13. The molecule has 198 valence electrons. The van der Waals surface area contributed by atoms with E-state index >= 15 is 0 Å². The third-order valence-corrected chi connectivity index (χ3v) is 7.09. The Morgan fingerprint density at radius 2 is 1.59 bits per heavy atom. The van der Waals surface area contributed by atoms with Crippen LogP contribution in [-0.4, -0.2) is 28.4 Å². The summed E-state index contributed by atoms with van der Waals surface area (Å²) < 4.78 is 1.67. The minimum Gasteiger partial charge on any atom is -0.366 e. The summed E-state index contributed by atoms with van der Waals surface area (Å²) in [4.78, 5) is 17.5. The molecule has 6 rings (SSSR count). The molecule has 0 unspecified atom stereocenters. The monoisotopic (exact) mass is 553 g/mol. The molecule has 6 aromatic rings. The molecule has 1 amide bonds. The van der Waals surface area contributed by atoms with Gasteiger partial charge in [0.1, 0.15) is 13.7 Å². The zero-order valence-electron chi connectivity index (χ0n) is 22.1. The highest BCUT2D eigenvalue weighted by Crippen LogP contribution is 2.28. The van der Waals surface area contributed by atoms with E-state index in [9.17, 15) is 4.79 Å². The van der Waals surface area contributed by atoms with E-state index in [1.165, 1.54) is 0 Å². The maximum Gasteiger partial charge on any atom is 0.228 e. The van der Waals surface area contributed by atoms with Gasteiger partial charge >= 0.3 is 0 Å². The number of nitrogens with one attached hydrogen (secondary N) is 2. The predicted octanol–water partition coefficient (Wildman–Crippen LogP) is 6.30. The minimum atomic E-state index is -0.0742. The van der Waals surface area contributed by atoms with E-state index in [-0.39, 0.29) is 12.3 Å². The quantitative estimate of drug-likeness (QED) is 0.217. The molecule has 0 bridgehead atoms. The number of fused-ring (bicyclic) bond motifs is 1. The number of carbonyl (C=O) groups excluding carboxylic acids is 1. The average molecular weight is 554 g/mol. The van der Waals surface area contributed by atoms with Crippen molar-refractivity contribution in [2.75, 3.05) is 10.6 Å². The lowest BCUT2D eigenvalue weighted by molar-refractivity contribution is -0.115. The predicted molar refractivity (Wildman–Crippen MR) is 167 cm³/mol. The Hall–Kier alpha value is -4.88. The largest absolute Gasteiger partial charge is 0.366 e. The molecular formula is C33H25BClN5O. The maximum atomic E-state index is 12.8. The maximum absolute atomic E-state index is 12.8. The van der Waals surface area contributed by atoms with Crippen molar-refractivity contribution >= 4 is 48.0 Å². The van der Waals surface area contributed by atoms with Crippen LogP contribution in [0.4, 0.5) is 11.5 Å². The molecule has 0 aliphatic heterocycles. The Morgan fingerprint density at radius 1 is 0.829 bits per heavy atom. The number of hydrogen-bond acceptors (Lipinski definition) is 4. The van der Waals surface area contributed by atoms with Crippen LogP contribution in [0.2, 0.25) is 5.02 Å². The number of amides is 1. The van der Waals surface area contributed by atoms with Crippen molar-refractivity contribution in [3.05, 3.63) is 132 Å². The van der Waals surface area contributed by atoms with Crippen molar-refractivity contribution in [3.63, 3.8) is 0 Å². The summed E-state index contributed by atoms with van der Waals surface area (Å²) in [6.07, 6.45) is 1.87. The highest BCUT2D eigenvalue weighted by atomic mass is 35.5. The van der Waals surface area contributed by atoms with Crippen molar-refractivity contribution in [2.45, 2.75) is 13.0 Å². The normalized spacial score (nSPS) is 11.0. The molecule has 0 saturated heterocycles. The Morgan fingerprint density at radius 3 is 2.39 bits per heavy atom. The fraction of sp³-hybridized carbons (Fsp3) is 0.0606. The molecule has 0 atom stereocenters. The smallest absolute Gasteiger partial charge is 0.228 e. The summed E-state index contributed by atoms with van der Waals surface area (Å²) in [5.41, 5.74) is 7.46. The molecule has 0 aliphatic carbocycles. The summed E-state index contributed by atoms with van der Waals surface area (Å²) in [7, 11) is 6.15. The first-order valence-corrected chi connectivity index (χ1v) is 13.6. The van der Waals surface area contributed by atoms with E-state index < -0.39 is 0 Å². The van der Waals surface area contributed by atoms with E-state index in [4.69, 9.17) is 19.4 Å². The molecule has 0 saturated carbocycles. The zero-order chi connectivity index (χ0) is 28.2. The van der Waals surface area contributed by atoms with Crippen molar-refractivity contribution in [1.82, 2.24) is 14.6 Å². The average Bonchev–Trinajstić information content (AvgIpc) is 3.37. The number of benzene rings is 4. The second-order valence-corrected chi connectivity index (χ2v) is 10.1. The fourth-order valence-corrected chi connectivity index (χ4v) is 4.93. The summed E-state index contributed by atoms with van der Waals surface area (Å²) >= 11 is 6.44. The van der Waals surface area contributed by atoms with Crippen molar-refractivity contribution in [2.24, 2.45) is 0 Å². The summed E-state index contributed by atoms with van der Waals surface area (Å²) in [5, 5.41) is 11.4. The number of anilines is 2. The molecule has 4 aromatic carbocycles. The third kappa shape index (κ3) is 6.00. The number of hydrogen-bond donors (Lipinski definition) is 2. The van der Waals surface area contributed by atoms with Crippen molar-refractivity contribution < 1.29 is 4.79 Å². The van der Waals surface area contributed by atoms with Crippen LogP contribution in [0.25, 0.3) is 28.0 Å². The fourth-order valence-electron chi connectivity index (χ4n) is 4.70. The van der Waals surface area contributed by atoms with Crippen LogP contribution in [0.5, 0.6) is 0 Å². The van der Waals surface area contributed by atoms with E-state index in [2.05, 4.69) is 32.8 Å². The molecule has 0 spiro atoms. The Kier molecular flexibility index (Phi) is 7.52. The molecule has 2 N–H and O–H groups in total. The molecule has 2 aromatic heterocycles. The molecule has 2 radical (unpaired) electrons. The lowest BCUT2D eigenvalue weighted by atomic mass is 10.0. The van der Waals surface area contributed by atoms with Gasteiger partial charge in [-0.1, -0.05) is 96.5 Å². The highest BCUT2D eigenvalue weighted by Gasteiger charge is 2.13. The van der Waals surface area contributed by atoms with Gasteiger partial charge in [-0.05, 0) is 45.9 Å². The van der Waals surface area contributed by atoms with Gasteiger partial charge in [0.15, 0.2) is 5.65 Å². The number of carbonyl (C=O) groups is 1. The molecule has 41 heavy (non-hydrogen) atoms. The zero-order valence-corrected chi connectivity index (χ0v) is 22.8. The highest BCUT2D eigenvalue weighted by molar-refractivity contribution is 6.36. The van der Waals surface area contributed by atoms with E-state index in [0.717, 1.165) is 39.3 Å². The summed E-state index contributed by atoms with van der Waals surface area (Å²) in [5.74, 6) is 0.643. The van der Waals surface area contributed by atoms with Gasteiger partial charge in [-0.3, -0.25) is 4.79 Å². The van der Waals surface area contributed by atoms with E-state index in [0.29, 0.717) is 28.4 Å². The van der Waals surface area contributed by atoms with Crippen LogP contribution >= 0.6 is 11.6 Å². The lowest BCUT2D eigenvalue weighted by Crippen LogP contribution is -2.14. The van der Waals surface area contributed by atoms with Crippen LogP contribution in [0.3, 0.4) is 0 Å². The van der Waals surface area contributed by atoms with Gasteiger partial charge in [-0.15, -0.1) is 0 Å². The number of aromatic nitrogens is 3. The van der Waals surface area contributed by atoms with Crippen LogP contribution in [-0.2, 0) is 17.8 Å². The first-order valence-electron chi connectivity index (χ1n) is 13.2. The third-order valence-electron chi connectivity index (χ3n) is 6.76. The minimum absolute atomic E-state index is 0.0742. The molecule has 0 fully saturated rings. The first kappa shape index (κ1) is 26.4. The number of halogens is 1. The Labute approximate surface area is 244 Å². The van der Waals surface area contributed by atoms with Gasteiger partial charge in [0.2, 0.25) is 5.91 Å². The number of rotatable bonds is 8. The second kappa shape index (κ2) is 11.7. The van der Waals surface area contributed by atoms with Gasteiger partial charge in [-0.25, -0.2) is 4.98 Å².